The molecule has 0 atom stereocenters. The molecule has 5 heteroatoms. The quantitative estimate of drug-likeness (QED) is 0.512. The fraction of sp³-hybridized carbons (Fsp3) is 0.545. The minimum Gasteiger partial charge on any atom is -0.387 e. The van der Waals surface area contributed by atoms with Crippen LogP contribution in [0.3, 0.4) is 0 Å². The molecule has 0 aromatic heterocycles. The summed E-state index contributed by atoms with van der Waals surface area (Å²) in [5.74, 6) is 0. The van der Waals surface area contributed by atoms with Gasteiger partial charge in [-0.1, -0.05) is 0 Å². The van der Waals surface area contributed by atoms with Crippen molar-refractivity contribution in [3.8, 4) is 0 Å². The summed E-state index contributed by atoms with van der Waals surface area (Å²) in [6.07, 6.45) is 6.53. The van der Waals surface area contributed by atoms with Crippen molar-refractivity contribution in [1.29, 1.82) is 10.8 Å². The third kappa shape index (κ3) is 3.94. The van der Waals surface area contributed by atoms with Crippen molar-refractivity contribution in [2.24, 2.45) is 4.99 Å². The van der Waals surface area contributed by atoms with Crippen LogP contribution >= 0.6 is 0 Å². The highest BCUT2D eigenvalue weighted by Crippen LogP contribution is 2.02. The lowest BCUT2D eigenvalue weighted by molar-refractivity contribution is 0.420. The van der Waals surface area contributed by atoms with Crippen LogP contribution < -0.4 is 10.6 Å². The number of aliphatic imine (C=N–C) groups is 1. The van der Waals surface area contributed by atoms with E-state index >= 15 is 0 Å². The first kappa shape index (κ1) is 12.6. The molecule has 0 aromatic carbocycles. The zero-order valence-electron chi connectivity index (χ0n) is 9.59. The molecule has 1 rings (SSSR count). The Balaban J connectivity index is 2.51. The molecule has 0 saturated carbocycles. The van der Waals surface area contributed by atoms with E-state index in [1.807, 2.05) is 0 Å². The molecule has 0 unspecified atom stereocenters. The maximum absolute atomic E-state index is 7.64. The second-order valence-electron chi connectivity index (χ2n) is 3.74. The Bertz CT molecular complexity index is 299. The van der Waals surface area contributed by atoms with Crippen LogP contribution in [-0.2, 0) is 0 Å². The Kier molecular flexibility index (Phi) is 5.42. The summed E-state index contributed by atoms with van der Waals surface area (Å²) in [5, 5.41) is 21.4. The first-order valence-electron chi connectivity index (χ1n) is 5.46. The number of hydrogen-bond donors (Lipinski definition) is 4. The first-order valence-corrected chi connectivity index (χ1v) is 5.46. The van der Waals surface area contributed by atoms with Crippen LogP contribution in [0.2, 0.25) is 0 Å². The molecule has 1 heterocycles. The lowest BCUT2D eigenvalue weighted by Gasteiger charge is -2.23. The summed E-state index contributed by atoms with van der Waals surface area (Å²) < 4.78 is 0. The van der Waals surface area contributed by atoms with Crippen molar-refractivity contribution in [3.05, 3.63) is 11.8 Å². The van der Waals surface area contributed by atoms with Crippen molar-refractivity contribution in [2.45, 2.75) is 18.9 Å². The molecular formula is C11H19N5. The summed E-state index contributed by atoms with van der Waals surface area (Å²) in [4.78, 5) is 3.77. The van der Waals surface area contributed by atoms with Gasteiger partial charge in [0.15, 0.2) is 0 Å². The molecule has 1 aliphatic rings. The summed E-state index contributed by atoms with van der Waals surface area (Å²) in [7, 11) is 1.62. The highest BCUT2D eigenvalue weighted by atomic mass is 15.0. The fourth-order valence-corrected chi connectivity index (χ4v) is 1.60. The summed E-state index contributed by atoms with van der Waals surface area (Å²) in [6, 6.07) is 0.447. The molecule has 1 fully saturated rings. The largest absolute Gasteiger partial charge is 0.387 e. The highest BCUT2D eigenvalue weighted by Gasteiger charge is 2.10. The lowest BCUT2D eigenvalue weighted by atomic mass is 10.1. The molecule has 16 heavy (non-hydrogen) atoms. The van der Waals surface area contributed by atoms with Crippen LogP contribution in [0, 0.1) is 10.8 Å². The van der Waals surface area contributed by atoms with Gasteiger partial charge in [0.1, 0.15) is 0 Å². The molecule has 4 N–H and O–H groups in total. The van der Waals surface area contributed by atoms with Gasteiger partial charge in [0.25, 0.3) is 0 Å². The van der Waals surface area contributed by atoms with Crippen LogP contribution in [0.25, 0.3) is 0 Å². The lowest BCUT2D eigenvalue weighted by Crippen LogP contribution is -2.38. The second-order valence-corrected chi connectivity index (χ2v) is 3.74. The average Bonchev–Trinajstić information content (AvgIpc) is 2.31. The third-order valence-corrected chi connectivity index (χ3v) is 2.54. The Morgan fingerprint density at radius 2 is 2.12 bits per heavy atom. The smallest absolute Gasteiger partial charge is 0.0820 e. The van der Waals surface area contributed by atoms with E-state index in [2.05, 4.69) is 15.6 Å². The number of rotatable bonds is 5. The molecule has 88 valence electrons. The Morgan fingerprint density at radius 3 is 2.69 bits per heavy atom. The van der Waals surface area contributed by atoms with Crippen LogP contribution in [0.1, 0.15) is 12.8 Å². The van der Waals surface area contributed by atoms with Crippen LogP contribution in [-0.4, -0.2) is 44.3 Å². The van der Waals surface area contributed by atoms with Crippen molar-refractivity contribution in [1.82, 2.24) is 10.6 Å². The molecule has 0 bridgehead atoms. The van der Waals surface area contributed by atoms with E-state index in [9.17, 15) is 0 Å². The summed E-state index contributed by atoms with van der Waals surface area (Å²) in [5.41, 5.74) is 0.822. The van der Waals surface area contributed by atoms with Gasteiger partial charge >= 0.3 is 0 Å². The van der Waals surface area contributed by atoms with Crippen LogP contribution in [0.5, 0.6) is 0 Å². The normalized spacial score (nSPS) is 18.7. The van der Waals surface area contributed by atoms with Crippen molar-refractivity contribution < 1.29 is 0 Å². The van der Waals surface area contributed by atoms with Gasteiger partial charge in [-0.3, -0.25) is 10.4 Å². The zero-order valence-corrected chi connectivity index (χ0v) is 9.59. The van der Waals surface area contributed by atoms with Gasteiger partial charge in [0.2, 0.25) is 0 Å². The second kappa shape index (κ2) is 6.90. The van der Waals surface area contributed by atoms with Gasteiger partial charge in [0.05, 0.1) is 5.71 Å². The minimum absolute atomic E-state index is 0.263. The third-order valence-electron chi connectivity index (χ3n) is 2.54. The molecular weight excluding hydrogens is 202 g/mol. The Hall–Kier alpha value is -1.49. The number of nitrogens with one attached hydrogen (secondary N) is 4. The monoisotopic (exact) mass is 221 g/mol. The molecule has 1 aliphatic heterocycles. The van der Waals surface area contributed by atoms with Gasteiger partial charge in [-0.15, -0.1) is 0 Å². The van der Waals surface area contributed by atoms with Gasteiger partial charge in [-0.2, -0.15) is 0 Å². The van der Waals surface area contributed by atoms with Crippen molar-refractivity contribution >= 4 is 18.1 Å². The fourth-order valence-electron chi connectivity index (χ4n) is 1.60. The molecule has 0 spiro atoms. The van der Waals surface area contributed by atoms with Gasteiger partial charge in [0, 0.05) is 37.3 Å². The number of nitrogens with zero attached hydrogens (tertiary/aromatic N) is 1. The average molecular weight is 221 g/mol. The van der Waals surface area contributed by atoms with Gasteiger partial charge < -0.3 is 16.0 Å². The molecule has 0 aliphatic carbocycles. The van der Waals surface area contributed by atoms with E-state index in [0.29, 0.717) is 11.6 Å². The molecule has 1 saturated heterocycles. The number of hydrogen-bond acceptors (Lipinski definition) is 5. The SMILES string of the molecule is C/N=C\C(=N)/C(C=N)=C/NC1CCNCC1. The van der Waals surface area contributed by atoms with E-state index in [0.717, 1.165) is 25.9 Å². The standard InChI is InChI=1S/C11H19N5/c1-14-8-11(13)9(6-12)7-16-10-2-4-15-5-3-10/h6-8,10,12-13,15-16H,2-5H2,1H3/b9-7+,12-6?,13-11?,14-8-. The summed E-state index contributed by atoms with van der Waals surface area (Å²) >= 11 is 0. The summed E-state index contributed by atoms with van der Waals surface area (Å²) in [6.45, 7) is 2.05. The first-order chi connectivity index (χ1) is 7.77. The Labute approximate surface area is 96.1 Å². The van der Waals surface area contributed by atoms with Crippen molar-refractivity contribution in [3.63, 3.8) is 0 Å². The maximum atomic E-state index is 7.64. The topological polar surface area (TPSA) is 84.1 Å². The van der Waals surface area contributed by atoms with Crippen LogP contribution in [0.15, 0.2) is 16.8 Å². The molecule has 0 aromatic rings. The van der Waals surface area contributed by atoms with E-state index in [-0.39, 0.29) is 5.71 Å². The van der Waals surface area contributed by atoms with Crippen LogP contribution in [0.4, 0.5) is 0 Å². The van der Waals surface area contributed by atoms with E-state index < -0.39 is 0 Å². The maximum Gasteiger partial charge on any atom is 0.0820 e. The predicted molar refractivity (Wildman–Crippen MR) is 68.0 cm³/mol. The predicted octanol–water partition coefficient (Wildman–Crippen LogP) is 0.582. The minimum atomic E-state index is 0.263. The van der Waals surface area contributed by atoms with Crippen molar-refractivity contribution in [2.75, 3.05) is 20.1 Å². The van der Waals surface area contributed by atoms with E-state index in [1.165, 1.54) is 12.4 Å². The van der Waals surface area contributed by atoms with E-state index in [4.69, 9.17) is 10.8 Å². The van der Waals surface area contributed by atoms with Gasteiger partial charge in [-0.05, 0) is 25.9 Å². The highest BCUT2D eigenvalue weighted by molar-refractivity contribution is 6.42. The van der Waals surface area contributed by atoms with Gasteiger partial charge in [-0.25, -0.2) is 0 Å². The molecule has 5 nitrogen and oxygen atoms in total. The molecule has 0 amide bonds. The number of piperidine rings is 1. The van der Waals surface area contributed by atoms with E-state index in [1.54, 1.807) is 13.2 Å². The zero-order chi connectivity index (χ0) is 11.8. The number of allylic oxidation sites excluding steroid dienone is 1. The molecule has 0 radical (unpaired) electrons. The Morgan fingerprint density at radius 1 is 1.44 bits per heavy atom.